The molecule has 0 aliphatic heterocycles. The first kappa shape index (κ1) is 20.2. The van der Waals surface area contributed by atoms with E-state index in [0.717, 1.165) is 14.7 Å². The normalized spacial score (nSPS) is 12.2. The smallest absolute Gasteiger partial charge is 0.268 e. The van der Waals surface area contributed by atoms with Crippen molar-refractivity contribution in [2.75, 3.05) is 4.72 Å². The lowest BCUT2D eigenvalue weighted by atomic mass is 10.1. The zero-order valence-corrected chi connectivity index (χ0v) is 18.0. The van der Waals surface area contributed by atoms with E-state index in [0.29, 0.717) is 11.4 Å². The lowest BCUT2D eigenvalue weighted by Crippen LogP contribution is -2.18. The highest BCUT2D eigenvalue weighted by Crippen LogP contribution is 2.29. The molecule has 0 aliphatic carbocycles. The maximum atomic E-state index is 13.2. The number of benzene rings is 3. The van der Waals surface area contributed by atoms with Crippen LogP contribution >= 0.6 is 0 Å². The van der Waals surface area contributed by atoms with Crippen LogP contribution in [-0.4, -0.2) is 20.8 Å². The number of aromatic nitrogens is 1. The zero-order valence-electron chi connectivity index (χ0n) is 16.4. The summed E-state index contributed by atoms with van der Waals surface area (Å²) in [4.78, 5) is 0.0187. The molecule has 4 rings (SSSR count). The second-order valence-corrected chi connectivity index (χ2v) is 10.4. The molecule has 4 aromatic rings. The summed E-state index contributed by atoms with van der Waals surface area (Å²) in [6.07, 6.45) is 0. The van der Waals surface area contributed by atoms with Crippen molar-refractivity contribution in [3.63, 3.8) is 0 Å². The first-order valence-electron chi connectivity index (χ1n) is 9.22. The number of sulfonamides is 1. The standard InChI is InChI=1S/C22H20N2O4S2/c1-16-15-22(17(2)24(16)30(27,28)19-11-4-3-5-12-19)29(25,26)23-21-14-8-10-18-9-6-7-13-20(18)21/h3-15,23H,1-2H3. The summed E-state index contributed by atoms with van der Waals surface area (Å²) in [6, 6.07) is 22.1. The number of aryl methyl sites for hydroxylation is 1. The Morgan fingerprint density at radius 3 is 2.13 bits per heavy atom. The lowest BCUT2D eigenvalue weighted by molar-refractivity contribution is 0.584. The molecule has 0 saturated heterocycles. The third-order valence-corrected chi connectivity index (χ3v) is 8.32. The molecule has 0 atom stereocenters. The van der Waals surface area contributed by atoms with E-state index in [4.69, 9.17) is 0 Å². The van der Waals surface area contributed by atoms with Crippen LogP contribution < -0.4 is 4.72 Å². The molecule has 1 N–H and O–H groups in total. The summed E-state index contributed by atoms with van der Waals surface area (Å²) in [6.45, 7) is 3.07. The average Bonchev–Trinajstić information content (AvgIpc) is 3.04. The van der Waals surface area contributed by atoms with Crippen LogP contribution in [0.1, 0.15) is 11.4 Å². The highest BCUT2D eigenvalue weighted by Gasteiger charge is 2.28. The molecule has 154 valence electrons. The quantitative estimate of drug-likeness (QED) is 0.501. The number of fused-ring (bicyclic) bond motifs is 1. The van der Waals surface area contributed by atoms with Crippen LogP contribution in [-0.2, 0) is 20.0 Å². The Morgan fingerprint density at radius 2 is 1.40 bits per heavy atom. The van der Waals surface area contributed by atoms with E-state index in [1.54, 1.807) is 37.3 Å². The Hall–Kier alpha value is -3.10. The van der Waals surface area contributed by atoms with Gasteiger partial charge in [-0.15, -0.1) is 0 Å². The Balaban J connectivity index is 1.81. The SMILES string of the molecule is Cc1cc(S(=O)(=O)Nc2cccc3ccccc23)c(C)n1S(=O)(=O)c1ccccc1. The van der Waals surface area contributed by atoms with Gasteiger partial charge in [-0.2, -0.15) is 0 Å². The Bertz CT molecular complexity index is 1450. The van der Waals surface area contributed by atoms with Gasteiger partial charge < -0.3 is 0 Å². The summed E-state index contributed by atoms with van der Waals surface area (Å²) in [5.74, 6) is 0. The van der Waals surface area contributed by atoms with Crippen LogP contribution in [0.3, 0.4) is 0 Å². The van der Waals surface area contributed by atoms with Crippen LogP contribution in [0.2, 0.25) is 0 Å². The van der Waals surface area contributed by atoms with Gasteiger partial charge in [0.05, 0.1) is 16.3 Å². The Labute approximate surface area is 175 Å². The Morgan fingerprint density at radius 1 is 0.767 bits per heavy atom. The van der Waals surface area contributed by atoms with Crippen molar-refractivity contribution in [3.8, 4) is 0 Å². The maximum absolute atomic E-state index is 13.2. The van der Waals surface area contributed by atoms with Crippen molar-refractivity contribution in [2.45, 2.75) is 23.6 Å². The van der Waals surface area contributed by atoms with Gasteiger partial charge in [0.15, 0.2) is 0 Å². The molecular formula is C22H20N2O4S2. The predicted molar refractivity (Wildman–Crippen MR) is 118 cm³/mol. The largest absolute Gasteiger partial charge is 0.279 e. The van der Waals surface area contributed by atoms with E-state index in [1.807, 2.05) is 30.3 Å². The minimum atomic E-state index is -4.01. The van der Waals surface area contributed by atoms with Gasteiger partial charge in [-0.05, 0) is 43.5 Å². The molecule has 0 saturated carbocycles. The molecule has 1 heterocycles. The third kappa shape index (κ3) is 3.38. The van der Waals surface area contributed by atoms with Crippen molar-refractivity contribution in [1.82, 2.24) is 3.97 Å². The minimum absolute atomic E-state index is 0.0764. The highest BCUT2D eigenvalue weighted by molar-refractivity contribution is 7.93. The second kappa shape index (κ2) is 7.30. The fourth-order valence-corrected chi connectivity index (χ4v) is 6.62. The summed E-state index contributed by atoms with van der Waals surface area (Å²) >= 11 is 0. The van der Waals surface area contributed by atoms with E-state index in [-0.39, 0.29) is 15.5 Å². The fraction of sp³-hybridized carbons (Fsp3) is 0.0909. The van der Waals surface area contributed by atoms with Crippen LogP contribution in [0.5, 0.6) is 0 Å². The molecule has 0 amide bonds. The van der Waals surface area contributed by atoms with Crippen LogP contribution in [0.15, 0.2) is 88.7 Å². The predicted octanol–water partition coefficient (Wildman–Crippen LogP) is 4.30. The minimum Gasteiger partial charge on any atom is -0.279 e. The third-order valence-electron chi connectivity index (χ3n) is 4.93. The van der Waals surface area contributed by atoms with Gasteiger partial charge >= 0.3 is 0 Å². The number of hydrogen-bond donors (Lipinski definition) is 1. The number of hydrogen-bond acceptors (Lipinski definition) is 4. The molecule has 0 aliphatic rings. The number of nitrogens with zero attached hydrogens (tertiary/aromatic N) is 1. The zero-order chi connectivity index (χ0) is 21.5. The van der Waals surface area contributed by atoms with Crippen molar-refractivity contribution in [3.05, 3.63) is 90.3 Å². The van der Waals surface area contributed by atoms with Gasteiger partial charge in [0.25, 0.3) is 20.0 Å². The molecular weight excluding hydrogens is 420 g/mol. The van der Waals surface area contributed by atoms with Crippen molar-refractivity contribution in [1.29, 1.82) is 0 Å². The fourth-order valence-electron chi connectivity index (χ4n) is 3.57. The average molecular weight is 441 g/mol. The molecule has 0 bridgehead atoms. The van der Waals surface area contributed by atoms with Gasteiger partial charge in [-0.1, -0.05) is 54.6 Å². The van der Waals surface area contributed by atoms with E-state index in [9.17, 15) is 16.8 Å². The van der Waals surface area contributed by atoms with Gasteiger partial charge in [-0.25, -0.2) is 20.8 Å². The molecule has 0 fully saturated rings. The number of rotatable bonds is 5. The van der Waals surface area contributed by atoms with Crippen LogP contribution in [0, 0.1) is 13.8 Å². The van der Waals surface area contributed by atoms with Gasteiger partial charge in [0.2, 0.25) is 0 Å². The van der Waals surface area contributed by atoms with Crippen molar-refractivity contribution >= 4 is 36.5 Å². The van der Waals surface area contributed by atoms with Gasteiger partial charge in [0, 0.05) is 11.1 Å². The molecule has 8 heteroatoms. The van der Waals surface area contributed by atoms with Crippen LogP contribution in [0.4, 0.5) is 5.69 Å². The molecule has 30 heavy (non-hydrogen) atoms. The maximum Gasteiger partial charge on any atom is 0.268 e. The van der Waals surface area contributed by atoms with E-state index < -0.39 is 20.0 Å². The van der Waals surface area contributed by atoms with E-state index in [1.165, 1.54) is 25.1 Å². The first-order valence-corrected chi connectivity index (χ1v) is 12.1. The summed E-state index contributed by atoms with van der Waals surface area (Å²) in [7, 11) is -7.94. The van der Waals surface area contributed by atoms with Gasteiger partial charge in [-0.3, -0.25) is 4.72 Å². The summed E-state index contributed by atoms with van der Waals surface area (Å²) < 4.78 is 56.2. The molecule has 0 unspecified atom stereocenters. The van der Waals surface area contributed by atoms with Crippen molar-refractivity contribution < 1.29 is 16.8 Å². The lowest BCUT2D eigenvalue weighted by Gasteiger charge is -2.13. The van der Waals surface area contributed by atoms with Crippen molar-refractivity contribution in [2.24, 2.45) is 0 Å². The molecule has 0 radical (unpaired) electrons. The first-order chi connectivity index (χ1) is 14.2. The topological polar surface area (TPSA) is 85.2 Å². The van der Waals surface area contributed by atoms with Gasteiger partial charge in [0.1, 0.15) is 4.90 Å². The Kier molecular flexibility index (Phi) is 4.91. The number of anilines is 1. The molecule has 1 aromatic heterocycles. The van der Waals surface area contributed by atoms with Crippen LogP contribution in [0.25, 0.3) is 10.8 Å². The van der Waals surface area contributed by atoms with E-state index in [2.05, 4.69) is 4.72 Å². The molecule has 3 aromatic carbocycles. The van der Waals surface area contributed by atoms with E-state index >= 15 is 0 Å². The summed E-state index contributed by atoms with van der Waals surface area (Å²) in [5, 5.41) is 1.66. The number of nitrogens with one attached hydrogen (secondary N) is 1. The second-order valence-electron chi connectivity index (χ2n) is 6.95. The highest BCUT2D eigenvalue weighted by atomic mass is 32.2. The molecule has 6 nitrogen and oxygen atoms in total. The monoisotopic (exact) mass is 440 g/mol. The molecule has 0 spiro atoms. The summed E-state index contributed by atoms with van der Waals surface area (Å²) in [5.41, 5.74) is 0.877.